The third-order valence-corrected chi connectivity index (χ3v) is 5.58. The van der Waals surface area contributed by atoms with E-state index in [-0.39, 0.29) is 5.75 Å². The average Bonchev–Trinajstić information content (AvgIpc) is 2.75. The SMILES string of the molecule is CC(CC(=O)O)S(=O)(=O)Cc1cc(Cl)cc2c1OCC2. The monoisotopic (exact) mass is 318 g/mol. The topological polar surface area (TPSA) is 80.7 Å². The third-order valence-electron chi connectivity index (χ3n) is 3.26. The van der Waals surface area contributed by atoms with Crippen molar-refractivity contribution in [1.82, 2.24) is 0 Å². The molecule has 1 unspecified atom stereocenters. The number of carbonyl (C=O) groups is 1. The summed E-state index contributed by atoms with van der Waals surface area (Å²) in [5, 5.41) is 8.22. The van der Waals surface area contributed by atoms with Crippen molar-refractivity contribution >= 4 is 27.4 Å². The highest BCUT2D eigenvalue weighted by atomic mass is 35.5. The first-order chi connectivity index (χ1) is 9.29. The summed E-state index contributed by atoms with van der Waals surface area (Å²) in [5.41, 5.74) is 1.40. The van der Waals surface area contributed by atoms with Gasteiger partial charge >= 0.3 is 5.97 Å². The predicted octanol–water partition coefficient (Wildman–Crippen LogP) is 2.05. The molecule has 0 spiro atoms. The number of carboxylic acids is 1. The normalized spacial score (nSPS) is 15.5. The van der Waals surface area contributed by atoms with Gasteiger partial charge in [0.1, 0.15) is 5.75 Å². The Bertz CT molecular complexity index is 638. The number of aliphatic carboxylic acids is 1. The van der Waals surface area contributed by atoms with E-state index in [0.29, 0.717) is 29.4 Å². The molecule has 0 amide bonds. The van der Waals surface area contributed by atoms with Crippen molar-refractivity contribution in [1.29, 1.82) is 0 Å². The van der Waals surface area contributed by atoms with E-state index < -0.39 is 27.5 Å². The standard InChI is InChI=1S/C13H15ClO5S/c1-8(4-12(15)16)20(17,18)7-10-6-11(14)5-9-2-3-19-13(9)10/h5-6,8H,2-4,7H2,1H3,(H,15,16). The van der Waals surface area contributed by atoms with E-state index in [0.717, 1.165) is 5.56 Å². The molecule has 1 N–H and O–H groups in total. The van der Waals surface area contributed by atoms with E-state index in [1.54, 1.807) is 12.1 Å². The zero-order chi connectivity index (χ0) is 14.9. The fourth-order valence-corrected chi connectivity index (χ4v) is 3.78. The lowest BCUT2D eigenvalue weighted by atomic mass is 10.1. The van der Waals surface area contributed by atoms with Crippen molar-refractivity contribution in [2.24, 2.45) is 0 Å². The van der Waals surface area contributed by atoms with E-state index in [2.05, 4.69) is 0 Å². The Hall–Kier alpha value is -1.27. The van der Waals surface area contributed by atoms with Crippen LogP contribution in [-0.2, 0) is 26.8 Å². The molecule has 0 radical (unpaired) electrons. The summed E-state index contributed by atoms with van der Waals surface area (Å²) in [6.45, 7) is 1.91. The highest BCUT2D eigenvalue weighted by molar-refractivity contribution is 7.91. The first-order valence-electron chi connectivity index (χ1n) is 6.17. The van der Waals surface area contributed by atoms with Crippen LogP contribution in [0.5, 0.6) is 5.75 Å². The molecule has 1 aromatic rings. The van der Waals surface area contributed by atoms with Crippen LogP contribution in [0.15, 0.2) is 12.1 Å². The zero-order valence-electron chi connectivity index (χ0n) is 10.9. The minimum Gasteiger partial charge on any atom is -0.493 e. The van der Waals surface area contributed by atoms with Gasteiger partial charge in [0.25, 0.3) is 0 Å². The van der Waals surface area contributed by atoms with Crippen molar-refractivity contribution in [3.63, 3.8) is 0 Å². The molecule has 5 nitrogen and oxygen atoms in total. The van der Waals surface area contributed by atoms with Crippen LogP contribution >= 0.6 is 11.6 Å². The number of sulfone groups is 1. The van der Waals surface area contributed by atoms with E-state index in [1.165, 1.54) is 6.92 Å². The van der Waals surface area contributed by atoms with Gasteiger partial charge in [0, 0.05) is 17.0 Å². The average molecular weight is 319 g/mol. The third kappa shape index (κ3) is 3.24. The van der Waals surface area contributed by atoms with Gasteiger partial charge in [0.15, 0.2) is 9.84 Å². The predicted molar refractivity (Wildman–Crippen MR) is 75.0 cm³/mol. The van der Waals surface area contributed by atoms with Crippen LogP contribution in [0.3, 0.4) is 0 Å². The van der Waals surface area contributed by atoms with Crippen LogP contribution in [0.1, 0.15) is 24.5 Å². The van der Waals surface area contributed by atoms with Gasteiger partial charge in [-0.15, -0.1) is 0 Å². The summed E-state index contributed by atoms with van der Waals surface area (Å²) >= 11 is 5.98. The highest BCUT2D eigenvalue weighted by Gasteiger charge is 2.27. The lowest BCUT2D eigenvalue weighted by Gasteiger charge is -2.13. The van der Waals surface area contributed by atoms with Gasteiger partial charge in [-0.2, -0.15) is 0 Å². The maximum absolute atomic E-state index is 12.2. The number of carboxylic acid groups (broad SMARTS) is 1. The van der Waals surface area contributed by atoms with Crippen molar-refractivity contribution in [2.45, 2.75) is 30.8 Å². The minimum absolute atomic E-state index is 0.260. The number of benzene rings is 1. The molecule has 0 aromatic heterocycles. The van der Waals surface area contributed by atoms with Crippen molar-refractivity contribution in [3.8, 4) is 5.75 Å². The summed E-state index contributed by atoms with van der Waals surface area (Å²) in [5.74, 6) is -0.821. The molecular formula is C13H15ClO5S. The lowest BCUT2D eigenvalue weighted by molar-refractivity contribution is -0.136. The van der Waals surface area contributed by atoms with Crippen LogP contribution in [0, 0.1) is 0 Å². The Balaban J connectivity index is 2.28. The Morgan fingerprint density at radius 1 is 1.50 bits per heavy atom. The van der Waals surface area contributed by atoms with Crippen molar-refractivity contribution in [2.75, 3.05) is 6.61 Å². The Morgan fingerprint density at radius 2 is 2.20 bits per heavy atom. The summed E-state index contributed by atoms with van der Waals surface area (Å²) in [7, 11) is -3.57. The maximum atomic E-state index is 12.2. The molecule has 7 heteroatoms. The second kappa shape index (κ2) is 5.61. The summed E-state index contributed by atoms with van der Waals surface area (Å²) in [4.78, 5) is 10.6. The molecular weight excluding hydrogens is 304 g/mol. The molecule has 1 aliphatic rings. The van der Waals surface area contributed by atoms with Gasteiger partial charge in [-0.25, -0.2) is 8.42 Å². The number of rotatable bonds is 5. The molecule has 1 aromatic carbocycles. The first kappa shape index (κ1) is 15.1. The molecule has 0 saturated carbocycles. The van der Waals surface area contributed by atoms with Crippen molar-refractivity contribution in [3.05, 3.63) is 28.3 Å². The molecule has 110 valence electrons. The second-order valence-electron chi connectivity index (χ2n) is 4.87. The van der Waals surface area contributed by atoms with Crippen LogP contribution in [0.25, 0.3) is 0 Å². The summed E-state index contributed by atoms with van der Waals surface area (Å²) in [6.07, 6.45) is 0.291. The Kier molecular flexibility index (Phi) is 4.25. The first-order valence-corrected chi connectivity index (χ1v) is 8.26. The Morgan fingerprint density at radius 3 is 2.85 bits per heavy atom. The molecule has 1 aliphatic heterocycles. The number of fused-ring (bicyclic) bond motifs is 1. The van der Waals surface area contributed by atoms with E-state index >= 15 is 0 Å². The lowest BCUT2D eigenvalue weighted by Crippen LogP contribution is -2.23. The van der Waals surface area contributed by atoms with Gasteiger partial charge < -0.3 is 9.84 Å². The summed E-state index contributed by atoms with van der Waals surface area (Å²) < 4.78 is 29.8. The van der Waals surface area contributed by atoms with E-state index in [1.807, 2.05) is 0 Å². The fraction of sp³-hybridized carbons (Fsp3) is 0.462. The fourth-order valence-electron chi connectivity index (χ4n) is 2.19. The number of hydrogen-bond acceptors (Lipinski definition) is 4. The van der Waals surface area contributed by atoms with Gasteiger partial charge in [-0.3, -0.25) is 4.79 Å². The highest BCUT2D eigenvalue weighted by Crippen LogP contribution is 2.34. The van der Waals surface area contributed by atoms with Crippen LogP contribution in [0.4, 0.5) is 0 Å². The Labute approximate surface area is 122 Å². The van der Waals surface area contributed by atoms with Crippen LogP contribution in [0.2, 0.25) is 5.02 Å². The number of ether oxygens (including phenoxy) is 1. The molecule has 20 heavy (non-hydrogen) atoms. The largest absolute Gasteiger partial charge is 0.493 e. The molecule has 0 aliphatic carbocycles. The number of halogens is 1. The zero-order valence-corrected chi connectivity index (χ0v) is 12.5. The molecule has 0 saturated heterocycles. The van der Waals surface area contributed by atoms with Crippen LogP contribution < -0.4 is 4.74 Å². The maximum Gasteiger partial charge on any atom is 0.304 e. The molecule has 0 fully saturated rings. The minimum atomic E-state index is -3.57. The summed E-state index contributed by atoms with van der Waals surface area (Å²) in [6, 6.07) is 3.33. The molecule has 1 atom stereocenters. The second-order valence-corrected chi connectivity index (χ2v) is 7.72. The smallest absolute Gasteiger partial charge is 0.304 e. The van der Waals surface area contributed by atoms with Crippen molar-refractivity contribution < 1.29 is 23.1 Å². The molecule has 0 bridgehead atoms. The van der Waals surface area contributed by atoms with Gasteiger partial charge in [-0.1, -0.05) is 11.6 Å². The quantitative estimate of drug-likeness (QED) is 0.898. The number of hydrogen-bond donors (Lipinski definition) is 1. The molecule has 2 rings (SSSR count). The molecule has 1 heterocycles. The van der Waals surface area contributed by atoms with Crippen LogP contribution in [-0.4, -0.2) is 31.4 Å². The van der Waals surface area contributed by atoms with Gasteiger partial charge in [0.05, 0.1) is 24.0 Å². The van der Waals surface area contributed by atoms with E-state index in [4.69, 9.17) is 21.4 Å². The van der Waals surface area contributed by atoms with Gasteiger partial charge in [0.2, 0.25) is 0 Å². The van der Waals surface area contributed by atoms with Gasteiger partial charge in [-0.05, 0) is 24.6 Å². The van der Waals surface area contributed by atoms with E-state index in [9.17, 15) is 13.2 Å².